The fourth-order valence-electron chi connectivity index (χ4n) is 2.70. The highest BCUT2D eigenvalue weighted by Crippen LogP contribution is 2.29. The summed E-state index contributed by atoms with van der Waals surface area (Å²) in [6, 6.07) is 12.3. The molecule has 0 unspecified atom stereocenters. The standard InChI is InChI=1S/C20H24F2N2O3/c1-4-24(16-7-5-6-14(2)12-16)11-10-23-19(25)15-8-9-17(27-20(21)22)18(13-15)26-3/h5-9,12-13,20H,4,10-11H2,1-3H3,(H,23,25). The van der Waals surface area contributed by atoms with E-state index in [-0.39, 0.29) is 17.4 Å². The Hall–Kier alpha value is -2.83. The Morgan fingerprint density at radius 2 is 1.96 bits per heavy atom. The molecule has 0 saturated carbocycles. The Morgan fingerprint density at radius 1 is 1.19 bits per heavy atom. The number of halogens is 2. The number of ether oxygens (including phenoxy) is 2. The monoisotopic (exact) mass is 378 g/mol. The van der Waals surface area contributed by atoms with E-state index in [0.717, 1.165) is 12.2 Å². The Balaban J connectivity index is 1.96. The first kappa shape index (κ1) is 20.5. The van der Waals surface area contributed by atoms with Gasteiger partial charge in [0.25, 0.3) is 5.91 Å². The average molecular weight is 378 g/mol. The number of methoxy groups -OCH3 is 1. The lowest BCUT2D eigenvalue weighted by molar-refractivity contribution is -0.0512. The molecule has 2 rings (SSSR count). The van der Waals surface area contributed by atoms with Crippen LogP contribution in [0.4, 0.5) is 14.5 Å². The second-order valence-corrected chi connectivity index (χ2v) is 5.92. The van der Waals surface area contributed by atoms with Crippen LogP contribution < -0.4 is 19.7 Å². The van der Waals surface area contributed by atoms with Crippen LogP contribution in [0.25, 0.3) is 0 Å². The van der Waals surface area contributed by atoms with Crippen LogP contribution in [0.5, 0.6) is 11.5 Å². The van der Waals surface area contributed by atoms with Crippen molar-refractivity contribution in [1.29, 1.82) is 0 Å². The highest BCUT2D eigenvalue weighted by Gasteiger charge is 2.14. The maximum atomic E-state index is 12.4. The lowest BCUT2D eigenvalue weighted by Gasteiger charge is -2.23. The Bertz CT molecular complexity index is 769. The number of alkyl halides is 2. The van der Waals surface area contributed by atoms with E-state index in [1.807, 2.05) is 25.1 Å². The molecule has 0 aliphatic heterocycles. The maximum Gasteiger partial charge on any atom is 0.387 e. The Morgan fingerprint density at radius 3 is 2.59 bits per heavy atom. The molecule has 7 heteroatoms. The van der Waals surface area contributed by atoms with E-state index in [1.54, 1.807) is 0 Å². The topological polar surface area (TPSA) is 50.8 Å². The molecule has 0 aliphatic rings. The summed E-state index contributed by atoms with van der Waals surface area (Å²) in [5, 5.41) is 2.83. The second kappa shape index (κ2) is 9.75. The molecular formula is C20H24F2N2O3. The van der Waals surface area contributed by atoms with Crippen molar-refractivity contribution in [3.63, 3.8) is 0 Å². The van der Waals surface area contributed by atoms with Crippen molar-refractivity contribution in [1.82, 2.24) is 5.32 Å². The van der Waals surface area contributed by atoms with Crippen LogP contribution >= 0.6 is 0 Å². The van der Waals surface area contributed by atoms with Gasteiger partial charge in [0.05, 0.1) is 7.11 Å². The number of carbonyl (C=O) groups excluding carboxylic acids is 1. The van der Waals surface area contributed by atoms with Gasteiger partial charge in [0.15, 0.2) is 11.5 Å². The molecule has 146 valence electrons. The van der Waals surface area contributed by atoms with Crippen LogP contribution in [0.1, 0.15) is 22.8 Å². The molecule has 0 fully saturated rings. The van der Waals surface area contributed by atoms with Gasteiger partial charge in [-0.05, 0) is 49.7 Å². The normalized spacial score (nSPS) is 10.6. The molecule has 0 atom stereocenters. The molecule has 0 heterocycles. The van der Waals surface area contributed by atoms with E-state index in [9.17, 15) is 13.6 Å². The van der Waals surface area contributed by atoms with Crippen LogP contribution in [-0.4, -0.2) is 39.3 Å². The van der Waals surface area contributed by atoms with E-state index >= 15 is 0 Å². The summed E-state index contributed by atoms with van der Waals surface area (Å²) in [6.07, 6.45) is 0. The Labute approximate surface area is 157 Å². The van der Waals surface area contributed by atoms with E-state index in [1.165, 1.54) is 30.9 Å². The second-order valence-electron chi connectivity index (χ2n) is 5.92. The van der Waals surface area contributed by atoms with E-state index in [4.69, 9.17) is 4.74 Å². The minimum absolute atomic E-state index is 0.0814. The fraction of sp³-hybridized carbons (Fsp3) is 0.350. The SMILES string of the molecule is CCN(CCNC(=O)c1ccc(OC(F)F)c(OC)c1)c1cccc(C)c1. The van der Waals surface area contributed by atoms with Gasteiger partial charge in [0, 0.05) is 30.9 Å². The van der Waals surface area contributed by atoms with E-state index in [0.29, 0.717) is 18.7 Å². The molecule has 5 nitrogen and oxygen atoms in total. The number of carbonyl (C=O) groups is 1. The van der Waals surface area contributed by atoms with Crippen LogP contribution in [0.3, 0.4) is 0 Å². The lowest BCUT2D eigenvalue weighted by atomic mass is 10.2. The first-order valence-electron chi connectivity index (χ1n) is 8.67. The van der Waals surface area contributed by atoms with Crippen LogP contribution in [-0.2, 0) is 0 Å². The summed E-state index contributed by atoms with van der Waals surface area (Å²) in [4.78, 5) is 14.5. The first-order valence-corrected chi connectivity index (χ1v) is 8.67. The van der Waals surface area contributed by atoms with Crippen molar-refractivity contribution in [2.24, 2.45) is 0 Å². The molecule has 27 heavy (non-hydrogen) atoms. The van der Waals surface area contributed by atoms with Gasteiger partial charge in [-0.25, -0.2) is 0 Å². The largest absolute Gasteiger partial charge is 0.493 e. The van der Waals surface area contributed by atoms with Crippen molar-refractivity contribution < 1.29 is 23.0 Å². The van der Waals surface area contributed by atoms with Crippen molar-refractivity contribution in [3.05, 3.63) is 53.6 Å². The highest BCUT2D eigenvalue weighted by atomic mass is 19.3. The molecular weight excluding hydrogens is 354 g/mol. The third-order valence-corrected chi connectivity index (χ3v) is 4.06. The zero-order valence-corrected chi connectivity index (χ0v) is 15.7. The summed E-state index contributed by atoms with van der Waals surface area (Å²) in [5.41, 5.74) is 2.59. The van der Waals surface area contributed by atoms with E-state index < -0.39 is 6.61 Å². The van der Waals surface area contributed by atoms with Gasteiger partial charge in [-0.3, -0.25) is 4.79 Å². The molecule has 0 aromatic heterocycles. The molecule has 0 aliphatic carbocycles. The van der Waals surface area contributed by atoms with Crippen molar-refractivity contribution >= 4 is 11.6 Å². The average Bonchev–Trinajstić information content (AvgIpc) is 2.65. The molecule has 2 aromatic rings. The zero-order valence-electron chi connectivity index (χ0n) is 15.7. The van der Waals surface area contributed by atoms with Gasteiger partial charge in [0.1, 0.15) is 0 Å². The smallest absolute Gasteiger partial charge is 0.387 e. The van der Waals surface area contributed by atoms with Gasteiger partial charge in [-0.2, -0.15) is 8.78 Å². The van der Waals surface area contributed by atoms with Crippen LogP contribution in [0.2, 0.25) is 0 Å². The number of likely N-dealkylation sites (N-methyl/N-ethyl adjacent to an activating group) is 1. The number of amides is 1. The molecule has 0 spiro atoms. The molecule has 2 aromatic carbocycles. The summed E-state index contributed by atoms with van der Waals surface area (Å²) in [5.74, 6) is -0.337. The molecule has 0 radical (unpaired) electrons. The maximum absolute atomic E-state index is 12.4. The third kappa shape index (κ3) is 5.84. The molecule has 0 bridgehead atoms. The van der Waals surface area contributed by atoms with Gasteiger partial charge in [-0.15, -0.1) is 0 Å². The van der Waals surface area contributed by atoms with Crippen molar-refractivity contribution in [2.45, 2.75) is 20.5 Å². The van der Waals surface area contributed by atoms with Crippen LogP contribution in [0.15, 0.2) is 42.5 Å². The van der Waals surface area contributed by atoms with Crippen molar-refractivity contribution in [2.75, 3.05) is 31.6 Å². The lowest BCUT2D eigenvalue weighted by Crippen LogP contribution is -2.35. The first-order chi connectivity index (χ1) is 12.9. The molecule has 0 saturated heterocycles. The fourth-order valence-corrected chi connectivity index (χ4v) is 2.70. The number of hydrogen-bond donors (Lipinski definition) is 1. The van der Waals surface area contributed by atoms with Gasteiger partial charge in [0.2, 0.25) is 0 Å². The molecule has 1 N–H and O–H groups in total. The minimum atomic E-state index is -2.96. The predicted octanol–water partition coefficient (Wildman–Crippen LogP) is 3.86. The minimum Gasteiger partial charge on any atom is -0.493 e. The molecule has 1 amide bonds. The van der Waals surface area contributed by atoms with E-state index in [2.05, 4.69) is 27.9 Å². The number of nitrogens with one attached hydrogen (secondary N) is 1. The number of benzene rings is 2. The predicted molar refractivity (Wildman–Crippen MR) is 101 cm³/mol. The number of hydrogen-bond acceptors (Lipinski definition) is 4. The number of aryl methyl sites for hydroxylation is 1. The third-order valence-electron chi connectivity index (χ3n) is 4.06. The summed E-state index contributed by atoms with van der Waals surface area (Å²) in [7, 11) is 1.33. The number of rotatable bonds is 9. The Kier molecular flexibility index (Phi) is 7.40. The summed E-state index contributed by atoms with van der Waals surface area (Å²) >= 11 is 0. The number of anilines is 1. The quantitative estimate of drug-likeness (QED) is 0.720. The zero-order chi connectivity index (χ0) is 19.8. The number of nitrogens with zero attached hydrogens (tertiary/aromatic N) is 1. The van der Waals surface area contributed by atoms with Gasteiger partial charge in [-0.1, -0.05) is 12.1 Å². The highest BCUT2D eigenvalue weighted by molar-refractivity contribution is 5.94. The van der Waals surface area contributed by atoms with Crippen LogP contribution in [0, 0.1) is 6.92 Å². The van der Waals surface area contributed by atoms with Gasteiger partial charge >= 0.3 is 6.61 Å². The summed E-state index contributed by atoms with van der Waals surface area (Å²) in [6.45, 7) is 3.03. The van der Waals surface area contributed by atoms with Crippen molar-refractivity contribution in [3.8, 4) is 11.5 Å². The summed E-state index contributed by atoms with van der Waals surface area (Å²) < 4.78 is 34.1. The van der Waals surface area contributed by atoms with Gasteiger partial charge < -0.3 is 19.7 Å².